The average molecular weight is 337 g/mol. The van der Waals surface area contributed by atoms with Crippen molar-refractivity contribution >= 4 is 10.8 Å². The molecule has 1 aromatic heterocycles. The van der Waals surface area contributed by atoms with Crippen molar-refractivity contribution < 1.29 is 28.4 Å². The first kappa shape index (κ1) is 13.0. The molecule has 0 fully saturated rings. The van der Waals surface area contributed by atoms with Gasteiger partial charge in [-0.2, -0.15) is 0 Å². The van der Waals surface area contributed by atoms with Gasteiger partial charge >= 0.3 is 0 Å². The van der Waals surface area contributed by atoms with Crippen molar-refractivity contribution in [3.05, 3.63) is 42.2 Å². The lowest BCUT2D eigenvalue weighted by atomic mass is 10.1. The van der Waals surface area contributed by atoms with Crippen LogP contribution in [0.3, 0.4) is 0 Å². The fourth-order valence-corrected chi connectivity index (χ4v) is 3.26. The molecule has 0 bridgehead atoms. The third kappa shape index (κ3) is 1.77. The molecule has 7 heteroatoms. The average Bonchev–Trinajstić information content (AvgIpc) is 3.35. The Morgan fingerprint density at radius 1 is 0.760 bits per heavy atom. The van der Waals surface area contributed by atoms with Gasteiger partial charge in [-0.25, -0.2) is 0 Å². The molecule has 0 radical (unpaired) electrons. The molecule has 0 saturated heterocycles. The van der Waals surface area contributed by atoms with Crippen LogP contribution in [0, 0.1) is 0 Å². The summed E-state index contributed by atoms with van der Waals surface area (Å²) in [4.78, 5) is 4.47. The minimum Gasteiger partial charge on any atom is -0.454 e. The van der Waals surface area contributed by atoms with Gasteiger partial charge in [0.25, 0.3) is 6.29 Å². The molecule has 0 amide bonds. The normalized spacial score (nSPS) is 18.8. The van der Waals surface area contributed by atoms with Gasteiger partial charge in [-0.05, 0) is 35.7 Å². The van der Waals surface area contributed by atoms with Gasteiger partial charge in [-0.3, -0.25) is 4.98 Å². The molecule has 0 saturated carbocycles. The maximum Gasteiger partial charge on any atom is 0.285 e. The van der Waals surface area contributed by atoms with Crippen LogP contribution in [0.1, 0.15) is 12.0 Å². The summed E-state index contributed by atoms with van der Waals surface area (Å²) < 4.78 is 33.7. The summed E-state index contributed by atoms with van der Waals surface area (Å²) >= 11 is 0. The number of nitrogens with zero attached hydrogens (tertiary/aromatic N) is 1. The molecular weight excluding hydrogens is 326 g/mol. The number of aromatic nitrogens is 1. The van der Waals surface area contributed by atoms with Gasteiger partial charge in [0, 0.05) is 11.6 Å². The van der Waals surface area contributed by atoms with Gasteiger partial charge in [0.15, 0.2) is 23.0 Å². The highest BCUT2D eigenvalue weighted by Gasteiger charge is 2.35. The lowest BCUT2D eigenvalue weighted by Crippen LogP contribution is -2.10. The molecule has 0 unspecified atom stereocenters. The van der Waals surface area contributed by atoms with Crippen molar-refractivity contribution in [1.82, 2.24) is 4.98 Å². The summed E-state index contributed by atoms with van der Waals surface area (Å²) in [6.45, 7) is 0.398. The van der Waals surface area contributed by atoms with E-state index in [9.17, 15) is 0 Å². The van der Waals surface area contributed by atoms with E-state index in [1.165, 1.54) is 0 Å². The van der Waals surface area contributed by atoms with E-state index < -0.39 is 6.29 Å². The van der Waals surface area contributed by atoms with Crippen molar-refractivity contribution in [2.75, 3.05) is 13.6 Å². The lowest BCUT2D eigenvalue weighted by Gasteiger charge is -2.12. The van der Waals surface area contributed by atoms with E-state index in [2.05, 4.69) is 4.98 Å². The van der Waals surface area contributed by atoms with E-state index in [0.717, 1.165) is 16.5 Å². The van der Waals surface area contributed by atoms with E-state index in [4.69, 9.17) is 28.4 Å². The second-order valence-electron chi connectivity index (χ2n) is 5.82. The van der Waals surface area contributed by atoms with Gasteiger partial charge in [0.1, 0.15) is 5.69 Å². The molecule has 0 N–H and O–H groups in total. The number of pyridine rings is 1. The zero-order valence-electron chi connectivity index (χ0n) is 12.9. The van der Waals surface area contributed by atoms with Crippen LogP contribution < -0.4 is 28.4 Å². The summed E-state index contributed by atoms with van der Waals surface area (Å²) in [5.41, 5.74) is 0.666. The van der Waals surface area contributed by atoms with E-state index in [0.29, 0.717) is 34.4 Å². The standard InChI is InChI=1S/C18H11NO6/c1-2-12-17(16-11(1)20-8-23-16)25-18(24-12)15-10-6-14-13(21-7-22-14)5-9(10)3-4-19-15/h1-6,18H,7-8H2/t18-/m0/s1. The zero-order chi connectivity index (χ0) is 16.4. The first-order valence-electron chi connectivity index (χ1n) is 7.81. The van der Waals surface area contributed by atoms with Crippen LogP contribution in [0.15, 0.2) is 36.5 Å². The third-order valence-corrected chi connectivity index (χ3v) is 4.43. The molecule has 0 aliphatic carbocycles. The van der Waals surface area contributed by atoms with Crippen LogP contribution in [0.25, 0.3) is 10.8 Å². The van der Waals surface area contributed by atoms with Crippen LogP contribution in [-0.4, -0.2) is 18.6 Å². The quantitative estimate of drug-likeness (QED) is 0.675. The molecule has 0 spiro atoms. The zero-order valence-corrected chi connectivity index (χ0v) is 12.9. The predicted molar refractivity (Wildman–Crippen MR) is 84.4 cm³/mol. The monoisotopic (exact) mass is 337 g/mol. The number of hydrogen-bond donors (Lipinski definition) is 0. The second kappa shape index (κ2) is 4.60. The molecule has 2 aromatic carbocycles. The number of ether oxygens (including phenoxy) is 6. The third-order valence-electron chi connectivity index (χ3n) is 4.43. The van der Waals surface area contributed by atoms with E-state index in [1.54, 1.807) is 6.20 Å². The molecule has 3 aromatic rings. The summed E-state index contributed by atoms with van der Waals surface area (Å²) in [5.74, 6) is 3.78. The SMILES string of the molecule is c1cc2cc3c(cc2c([C@H]2Oc4ccc5c(c4O2)OCO5)n1)OCO3. The Balaban J connectivity index is 1.46. The Labute approximate surface area is 141 Å². The van der Waals surface area contributed by atoms with Gasteiger partial charge in [0.05, 0.1) is 0 Å². The Morgan fingerprint density at radius 3 is 2.52 bits per heavy atom. The highest BCUT2D eigenvalue weighted by Crippen LogP contribution is 2.53. The molecule has 6 rings (SSSR count). The fraction of sp³-hybridized carbons (Fsp3) is 0.167. The number of hydrogen-bond acceptors (Lipinski definition) is 7. The Bertz CT molecular complexity index is 1030. The number of rotatable bonds is 1. The molecule has 4 heterocycles. The smallest absolute Gasteiger partial charge is 0.285 e. The molecule has 124 valence electrons. The van der Waals surface area contributed by atoms with E-state index >= 15 is 0 Å². The molecule has 1 atom stereocenters. The lowest BCUT2D eigenvalue weighted by molar-refractivity contribution is 0.0443. The minimum atomic E-state index is -0.672. The van der Waals surface area contributed by atoms with E-state index in [-0.39, 0.29) is 13.6 Å². The molecule has 7 nitrogen and oxygen atoms in total. The summed E-state index contributed by atoms with van der Waals surface area (Å²) in [6, 6.07) is 9.36. The largest absolute Gasteiger partial charge is 0.454 e. The van der Waals surface area contributed by atoms with Crippen molar-refractivity contribution in [3.63, 3.8) is 0 Å². The van der Waals surface area contributed by atoms with Crippen LogP contribution >= 0.6 is 0 Å². The van der Waals surface area contributed by atoms with Crippen molar-refractivity contribution in [1.29, 1.82) is 0 Å². The molecule has 3 aliphatic rings. The number of benzene rings is 2. The maximum absolute atomic E-state index is 6.00. The summed E-state index contributed by atoms with van der Waals surface area (Å²) in [5, 5.41) is 1.86. The van der Waals surface area contributed by atoms with Gasteiger partial charge in [0.2, 0.25) is 25.1 Å². The minimum absolute atomic E-state index is 0.176. The highest BCUT2D eigenvalue weighted by molar-refractivity contribution is 5.88. The summed E-state index contributed by atoms with van der Waals surface area (Å²) in [6.07, 6.45) is 1.05. The molecule has 25 heavy (non-hydrogen) atoms. The predicted octanol–water partition coefficient (Wildman–Crippen LogP) is 3.16. The molecular formula is C18H11NO6. The van der Waals surface area contributed by atoms with Crippen LogP contribution in [-0.2, 0) is 0 Å². The highest BCUT2D eigenvalue weighted by atomic mass is 16.7. The van der Waals surface area contributed by atoms with Crippen molar-refractivity contribution in [2.45, 2.75) is 6.29 Å². The maximum atomic E-state index is 6.00. The fourth-order valence-electron chi connectivity index (χ4n) is 3.26. The van der Waals surface area contributed by atoms with Crippen LogP contribution in [0.2, 0.25) is 0 Å². The molecule has 3 aliphatic heterocycles. The second-order valence-corrected chi connectivity index (χ2v) is 5.82. The van der Waals surface area contributed by atoms with Crippen molar-refractivity contribution in [3.8, 4) is 34.5 Å². The summed E-state index contributed by atoms with van der Waals surface area (Å²) in [7, 11) is 0. The van der Waals surface area contributed by atoms with Crippen molar-refractivity contribution in [2.24, 2.45) is 0 Å². The van der Waals surface area contributed by atoms with Crippen LogP contribution in [0.4, 0.5) is 0 Å². The Kier molecular flexibility index (Phi) is 2.39. The van der Waals surface area contributed by atoms with Gasteiger partial charge < -0.3 is 28.4 Å². The first-order valence-corrected chi connectivity index (χ1v) is 7.81. The van der Waals surface area contributed by atoms with Crippen LogP contribution in [0.5, 0.6) is 34.5 Å². The first-order chi connectivity index (χ1) is 12.4. The topological polar surface area (TPSA) is 68.3 Å². The Morgan fingerprint density at radius 2 is 1.56 bits per heavy atom. The van der Waals surface area contributed by atoms with Gasteiger partial charge in [-0.15, -0.1) is 0 Å². The van der Waals surface area contributed by atoms with Gasteiger partial charge in [-0.1, -0.05) is 0 Å². The number of fused-ring (bicyclic) bond motifs is 5. The Hall–Kier alpha value is -3.35. The van der Waals surface area contributed by atoms with E-state index in [1.807, 2.05) is 30.3 Å².